The lowest BCUT2D eigenvalue weighted by Gasteiger charge is -2.39. The van der Waals surface area contributed by atoms with Gasteiger partial charge in [0.1, 0.15) is 24.4 Å². The minimum atomic E-state index is -1.28. The third kappa shape index (κ3) is 1.98. The van der Waals surface area contributed by atoms with E-state index in [4.69, 9.17) is 15.2 Å². The van der Waals surface area contributed by atoms with Crippen molar-refractivity contribution in [2.45, 2.75) is 30.7 Å². The molecule has 0 amide bonds. The minimum Gasteiger partial charge on any atom is -0.388 e. The Balaban J connectivity index is 2.66. The summed E-state index contributed by atoms with van der Waals surface area (Å²) in [6.07, 6.45) is -5.35. The molecule has 1 aliphatic rings. The molecule has 0 spiro atoms. The van der Waals surface area contributed by atoms with E-state index in [9.17, 15) is 15.3 Å². The van der Waals surface area contributed by atoms with Gasteiger partial charge in [0.2, 0.25) is 0 Å². The highest BCUT2D eigenvalue weighted by Crippen LogP contribution is 2.20. The highest BCUT2D eigenvalue weighted by Gasteiger charge is 2.43. The van der Waals surface area contributed by atoms with Crippen molar-refractivity contribution in [2.75, 3.05) is 13.7 Å². The largest absolute Gasteiger partial charge is 0.388 e. The molecule has 0 unspecified atom stereocenters. The number of aliphatic hydroxyl groups is 3. The lowest BCUT2D eigenvalue weighted by Crippen LogP contribution is -2.59. The fourth-order valence-electron chi connectivity index (χ4n) is 1.31. The van der Waals surface area contributed by atoms with Crippen LogP contribution in [0.5, 0.6) is 0 Å². The van der Waals surface area contributed by atoms with Crippen molar-refractivity contribution in [1.29, 1.82) is 0 Å². The van der Waals surface area contributed by atoms with E-state index >= 15 is 0 Å². The monoisotopic (exact) mass is 193 g/mol. The highest BCUT2D eigenvalue weighted by molar-refractivity contribution is 4.89. The molecule has 6 heteroatoms. The topological polar surface area (TPSA) is 105 Å². The molecule has 0 bridgehead atoms. The second kappa shape index (κ2) is 4.32. The van der Waals surface area contributed by atoms with Crippen LogP contribution in [0.15, 0.2) is 0 Å². The lowest BCUT2D eigenvalue weighted by atomic mass is 9.99. The molecule has 0 aromatic carbocycles. The number of ether oxygens (including phenoxy) is 2. The van der Waals surface area contributed by atoms with Crippen LogP contribution in [0.3, 0.4) is 0 Å². The van der Waals surface area contributed by atoms with E-state index in [1.807, 2.05) is 0 Å². The lowest BCUT2D eigenvalue weighted by molar-refractivity contribution is -0.287. The SMILES string of the molecule is CO[C@H]1O[C@H](CN)[C@H](O)[C@@H](O)[C@H]1O. The van der Waals surface area contributed by atoms with Crippen LogP contribution in [0.4, 0.5) is 0 Å². The van der Waals surface area contributed by atoms with Crippen LogP contribution in [0.2, 0.25) is 0 Å². The third-order valence-corrected chi connectivity index (χ3v) is 2.13. The van der Waals surface area contributed by atoms with Gasteiger partial charge >= 0.3 is 0 Å². The Kier molecular flexibility index (Phi) is 3.60. The standard InChI is InChI=1S/C7H15NO5/c1-12-7-6(11)5(10)4(9)3(2-8)13-7/h3-7,9-11H,2,8H2,1H3/t3-,4+,5-,6-,7+/m1/s1. The number of nitrogens with two attached hydrogens (primary N) is 1. The van der Waals surface area contributed by atoms with Gasteiger partial charge in [-0.1, -0.05) is 0 Å². The van der Waals surface area contributed by atoms with Gasteiger partial charge < -0.3 is 30.5 Å². The molecule has 5 atom stereocenters. The number of hydrogen-bond donors (Lipinski definition) is 4. The Hall–Kier alpha value is -0.240. The number of aliphatic hydroxyl groups excluding tert-OH is 3. The summed E-state index contributed by atoms with van der Waals surface area (Å²) < 4.78 is 9.83. The predicted octanol–water partition coefficient (Wildman–Crippen LogP) is -2.60. The van der Waals surface area contributed by atoms with Gasteiger partial charge in [0.15, 0.2) is 6.29 Å². The Morgan fingerprint density at radius 1 is 1.23 bits per heavy atom. The molecule has 1 fully saturated rings. The first-order chi connectivity index (χ1) is 6.11. The maximum Gasteiger partial charge on any atom is 0.186 e. The van der Waals surface area contributed by atoms with Gasteiger partial charge in [0.05, 0.1) is 0 Å². The van der Waals surface area contributed by atoms with Gasteiger partial charge in [-0.05, 0) is 0 Å². The normalized spacial score (nSPS) is 46.4. The molecular formula is C7H15NO5. The van der Waals surface area contributed by atoms with E-state index in [1.54, 1.807) is 0 Å². The predicted molar refractivity (Wildman–Crippen MR) is 42.7 cm³/mol. The fraction of sp³-hybridized carbons (Fsp3) is 1.00. The third-order valence-electron chi connectivity index (χ3n) is 2.13. The summed E-state index contributed by atoms with van der Waals surface area (Å²) in [7, 11) is 1.34. The summed E-state index contributed by atoms with van der Waals surface area (Å²) in [6.45, 7) is 0.0603. The van der Waals surface area contributed by atoms with Crippen LogP contribution >= 0.6 is 0 Å². The summed E-state index contributed by atoms with van der Waals surface area (Å²) in [5.74, 6) is 0. The molecule has 1 aliphatic heterocycles. The first kappa shape index (κ1) is 10.8. The zero-order chi connectivity index (χ0) is 10.0. The molecule has 0 saturated carbocycles. The van der Waals surface area contributed by atoms with Crippen molar-refractivity contribution < 1.29 is 24.8 Å². The second-order valence-electron chi connectivity index (χ2n) is 2.99. The summed E-state index contributed by atoms with van der Waals surface area (Å²) in [6, 6.07) is 0. The summed E-state index contributed by atoms with van der Waals surface area (Å²) in [5, 5.41) is 28.0. The maximum absolute atomic E-state index is 9.35. The van der Waals surface area contributed by atoms with Crippen LogP contribution in [0.1, 0.15) is 0 Å². The Morgan fingerprint density at radius 3 is 2.31 bits per heavy atom. The number of methoxy groups -OCH3 is 1. The van der Waals surface area contributed by atoms with E-state index in [1.165, 1.54) is 7.11 Å². The van der Waals surface area contributed by atoms with Crippen LogP contribution < -0.4 is 5.73 Å². The Labute approximate surface area is 75.9 Å². The van der Waals surface area contributed by atoms with Crippen molar-refractivity contribution in [1.82, 2.24) is 0 Å². The van der Waals surface area contributed by atoms with Crippen molar-refractivity contribution in [2.24, 2.45) is 5.73 Å². The molecule has 78 valence electrons. The van der Waals surface area contributed by atoms with E-state index in [0.29, 0.717) is 0 Å². The van der Waals surface area contributed by atoms with Crippen LogP contribution in [-0.4, -0.2) is 59.7 Å². The highest BCUT2D eigenvalue weighted by atomic mass is 16.7. The van der Waals surface area contributed by atoms with Crippen LogP contribution in [0.25, 0.3) is 0 Å². The molecule has 13 heavy (non-hydrogen) atoms. The molecule has 1 heterocycles. The van der Waals surface area contributed by atoms with Crippen molar-refractivity contribution >= 4 is 0 Å². The molecule has 5 N–H and O–H groups in total. The number of hydrogen-bond acceptors (Lipinski definition) is 6. The van der Waals surface area contributed by atoms with E-state index in [0.717, 1.165) is 0 Å². The molecular weight excluding hydrogens is 178 g/mol. The van der Waals surface area contributed by atoms with E-state index in [-0.39, 0.29) is 6.54 Å². The summed E-state index contributed by atoms with van der Waals surface area (Å²) in [4.78, 5) is 0. The first-order valence-corrected chi connectivity index (χ1v) is 4.04. The first-order valence-electron chi connectivity index (χ1n) is 4.04. The molecule has 6 nitrogen and oxygen atoms in total. The Morgan fingerprint density at radius 2 is 1.85 bits per heavy atom. The van der Waals surface area contributed by atoms with Gasteiger partial charge in [-0.25, -0.2) is 0 Å². The van der Waals surface area contributed by atoms with E-state index < -0.39 is 30.7 Å². The summed E-state index contributed by atoms with van der Waals surface area (Å²) >= 11 is 0. The zero-order valence-electron chi connectivity index (χ0n) is 7.33. The summed E-state index contributed by atoms with van der Waals surface area (Å²) in [5.41, 5.74) is 5.28. The molecule has 0 aliphatic carbocycles. The molecule has 1 rings (SSSR count). The quantitative estimate of drug-likeness (QED) is 0.383. The van der Waals surface area contributed by atoms with Crippen molar-refractivity contribution in [3.8, 4) is 0 Å². The molecule has 1 saturated heterocycles. The zero-order valence-corrected chi connectivity index (χ0v) is 7.33. The minimum absolute atomic E-state index is 0.0603. The Bertz CT molecular complexity index is 147. The van der Waals surface area contributed by atoms with Gasteiger partial charge in [0.25, 0.3) is 0 Å². The molecule has 0 aromatic heterocycles. The van der Waals surface area contributed by atoms with Gasteiger partial charge in [-0.2, -0.15) is 0 Å². The fourth-order valence-corrected chi connectivity index (χ4v) is 1.31. The van der Waals surface area contributed by atoms with Gasteiger partial charge in [-0.3, -0.25) is 0 Å². The van der Waals surface area contributed by atoms with Gasteiger partial charge in [0, 0.05) is 13.7 Å². The smallest absolute Gasteiger partial charge is 0.186 e. The van der Waals surface area contributed by atoms with Crippen LogP contribution in [-0.2, 0) is 9.47 Å². The average Bonchev–Trinajstić information content (AvgIpc) is 2.15. The van der Waals surface area contributed by atoms with E-state index in [2.05, 4.69) is 0 Å². The maximum atomic E-state index is 9.35. The van der Waals surface area contributed by atoms with Gasteiger partial charge in [-0.15, -0.1) is 0 Å². The number of rotatable bonds is 2. The van der Waals surface area contributed by atoms with Crippen LogP contribution in [0, 0.1) is 0 Å². The van der Waals surface area contributed by atoms with Crippen molar-refractivity contribution in [3.63, 3.8) is 0 Å². The molecule has 0 aromatic rings. The molecule has 0 radical (unpaired) electrons. The van der Waals surface area contributed by atoms with Crippen molar-refractivity contribution in [3.05, 3.63) is 0 Å². The average molecular weight is 193 g/mol. The second-order valence-corrected chi connectivity index (χ2v) is 2.99.